The largest absolute Gasteiger partial charge is 0.369 e. The van der Waals surface area contributed by atoms with Crippen LogP contribution in [0.4, 0.5) is 0 Å². The van der Waals surface area contributed by atoms with Gasteiger partial charge in [0.25, 0.3) is 0 Å². The van der Waals surface area contributed by atoms with E-state index in [1.807, 2.05) is 6.07 Å². The predicted molar refractivity (Wildman–Crippen MR) is 92.2 cm³/mol. The Morgan fingerprint density at radius 1 is 1.33 bits per heavy atom. The van der Waals surface area contributed by atoms with Crippen LogP contribution in [-0.2, 0) is 4.74 Å². The highest BCUT2D eigenvalue weighted by molar-refractivity contribution is 9.10. The zero-order valence-corrected chi connectivity index (χ0v) is 15.0. The van der Waals surface area contributed by atoms with Crippen molar-refractivity contribution in [2.24, 2.45) is 23.5 Å². The van der Waals surface area contributed by atoms with E-state index < -0.39 is 0 Å². The lowest BCUT2D eigenvalue weighted by atomic mass is 9.75. The molecular weight excluding hydrogens is 326 g/mol. The van der Waals surface area contributed by atoms with Crippen LogP contribution in [0.2, 0.25) is 0 Å². The molecule has 0 heterocycles. The van der Waals surface area contributed by atoms with Crippen LogP contribution < -0.4 is 5.73 Å². The Balaban J connectivity index is 2.11. The van der Waals surface area contributed by atoms with E-state index in [2.05, 4.69) is 54.9 Å². The van der Waals surface area contributed by atoms with E-state index in [1.165, 1.54) is 18.4 Å². The van der Waals surface area contributed by atoms with E-state index >= 15 is 0 Å². The van der Waals surface area contributed by atoms with E-state index in [-0.39, 0.29) is 6.10 Å². The van der Waals surface area contributed by atoms with Crippen molar-refractivity contribution in [1.29, 1.82) is 0 Å². The summed E-state index contributed by atoms with van der Waals surface area (Å²) in [5.41, 5.74) is 7.16. The van der Waals surface area contributed by atoms with Gasteiger partial charge in [-0.1, -0.05) is 55.3 Å². The molecule has 4 atom stereocenters. The monoisotopic (exact) mass is 353 g/mol. The topological polar surface area (TPSA) is 35.2 Å². The molecule has 1 aliphatic carbocycles. The highest BCUT2D eigenvalue weighted by Gasteiger charge is 2.33. The second-order valence-electron chi connectivity index (χ2n) is 6.78. The molecule has 1 fully saturated rings. The lowest BCUT2D eigenvalue weighted by Crippen LogP contribution is -2.36. The first-order valence-corrected chi connectivity index (χ1v) is 8.91. The first-order chi connectivity index (χ1) is 10.0. The number of rotatable bonds is 5. The van der Waals surface area contributed by atoms with Gasteiger partial charge >= 0.3 is 0 Å². The summed E-state index contributed by atoms with van der Waals surface area (Å²) < 4.78 is 7.56. The van der Waals surface area contributed by atoms with Gasteiger partial charge < -0.3 is 10.5 Å². The van der Waals surface area contributed by atoms with Gasteiger partial charge in [0.05, 0.1) is 12.2 Å². The fraction of sp³-hybridized carbons (Fsp3) is 0.667. The van der Waals surface area contributed by atoms with Crippen LogP contribution >= 0.6 is 15.9 Å². The van der Waals surface area contributed by atoms with E-state index in [4.69, 9.17) is 10.5 Å². The normalized spacial score (nSPS) is 27.8. The Kier molecular flexibility index (Phi) is 6.27. The Labute approximate surface area is 137 Å². The number of halogens is 1. The molecule has 0 amide bonds. The van der Waals surface area contributed by atoms with Gasteiger partial charge in [-0.25, -0.2) is 0 Å². The van der Waals surface area contributed by atoms with Crippen molar-refractivity contribution in [3.05, 3.63) is 34.3 Å². The van der Waals surface area contributed by atoms with Gasteiger partial charge in [0, 0.05) is 11.0 Å². The van der Waals surface area contributed by atoms with E-state index in [0.717, 1.165) is 16.8 Å². The van der Waals surface area contributed by atoms with Crippen molar-refractivity contribution in [1.82, 2.24) is 0 Å². The van der Waals surface area contributed by atoms with Crippen molar-refractivity contribution >= 4 is 15.9 Å². The molecule has 0 saturated heterocycles. The summed E-state index contributed by atoms with van der Waals surface area (Å²) in [5, 5.41) is 0. The number of hydrogen-bond donors (Lipinski definition) is 1. The standard InChI is InChI=1S/C18H28BrNO/c1-12(2)16-8-7-13(3)9-17(16)21-18(11-20)14-5-4-6-15(19)10-14/h4-6,10,12-13,16-18H,7-9,11,20H2,1-3H3. The quantitative estimate of drug-likeness (QED) is 0.814. The first-order valence-electron chi connectivity index (χ1n) is 8.12. The van der Waals surface area contributed by atoms with Crippen LogP contribution in [0.3, 0.4) is 0 Å². The van der Waals surface area contributed by atoms with E-state index in [9.17, 15) is 0 Å². The molecule has 1 aliphatic rings. The van der Waals surface area contributed by atoms with Gasteiger partial charge in [-0.05, 0) is 48.3 Å². The number of nitrogens with two attached hydrogens (primary N) is 1. The van der Waals surface area contributed by atoms with E-state index in [0.29, 0.717) is 24.5 Å². The predicted octanol–water partition coefficient (Wildman–Crippen LogP) is 4.93. The van der Waals surface area contributed by atoms with Crippen molar-refractivity contribution < 1.29 is 4.74 Å². The van der Waals surface area contributed by atoms with Crippen molar-refractivity contribution in [2.45, 2.75) is 52.2 Å². The minimum Gasteiger partial charge on any atom is -0.369 e. The molecule has 0 aliphatic heterocycles. The summed E-state index contributed by atoms with van der Waals surface area (Å²) >= 11 is 3.53. The number of hydrogen-bond acceptors (Lipinski definition) is 2. The van der Waals surface area contributed by atoms with Crippen LogP contribution in [0.25, 0.3) is 0 Å². The third-order valence-electron chi connectivity index (χ3n) is 4.73. The van der Waals surface area contributed by atoms with Crippen LogP contribution in [0.15, 0.2) is 28.7 Å². The molecule has 1 aromatic carbocycles. The summed E-state index contributed by atoms with van der Waals surface area (Å²) in [7, 11) is 0. The molecule has 118 valence electrons. The van der Waals surface area contributed by atoms with Gasteiger partial charge in [-0.15, -0.1) is 0 Å². The van der Waals surface area contributed by atoms with Gasteiger partial charge in [0.15, 0.2) is 0 Å². The third kappa shape index (κ3) is 4.54. The van der Waals surface area contributed by atoms with Crippen LogP contribution in [0, 0.1) is 17.8 Å². The molecule has 0 bridgehead atoms. The minimum absolute atomic E-state index is 0.000880. The summed E-state index contributed by atoms with van der Waals surface area (Å²) in [5.74, 6) is 2.08. The average molecular weight is 354 g/mol. The Morgan fingerprint density at radius 3 is 2.71 bits per heavy atom. The Hall–Kier alpha value is -0.380. The summed E-state index contributed by atoms with van der Waals surface area (Å²) in [6.07, 6.45) is 4.10. The number of ether oxygens (including phenoxy) is 1. The molecule has 0 aromatic heterocycles. The Bertz CT molecular complexity index is 449. The van der Waals surface area contributed by atoms with Crippen LogP contribution in [0.5, 0.6) is 0 Å². The zero-order chi connectivity index (χ0) is 15.4. The second kappa shape index (κ2) is 7.75. The molecule has 2 N–H and O–H groups in total. The lowest BCUT2D eigenvalue weighted by molar-refractivity contribution is -0.0786. The zero-order valence-electron chi connectivity index (χ0n) is 13.4. The second-order valence-corrected chi connectivity index (χ2v) is 7.70. The van der Waals surface area contributed by atoms with Gasteiger partial charge in [-0.2, -0.15) is 0 Å². The van der Waals surface area contributed by atoms with Crippen molar-refractivity contribution in [2.75, 3.05) is 6.54 Å². The van der Waals surface area contributed by atoms with Gasteiger partial charge in [0.1, 0.15) is 0 Å². The molecule has 2 rings (SSSR count). The highest BCUT2D eigenvalue weighted by Crippen LogP contribution is 2.37. The number of benzene rings is 1. The van der Waals surface area contributed by atoms with Gasteiger partial charge in [-0.3, -0.25) is 0 Å². The van der Waals surface area contributed by atoms with Gasteiger partial charge in [0.2, 0.25) is 0 Å². The Morgan fingerprint density at radius 2 is 2.10 bits per heavy atom. The molecule has 3 heteroatoms. The maximum Gasteiger partial charge on any atom is 0.0951 e. The molecule has 1 aromatic rings. The first kappa shape index (κ1) is 17.0. The van der Waals surface area contributed by atoms with Crippen LogP contribution in [0.1, 0.15) is 51.7 Å². The SMILES string of the molecule is CC1CCC(C(C)C)C(OC(CN)c2cccc(Br)c2)C1. The molecule has 21 heavy (non-hydrogen) atoms. The average Bonchev–Trinajstić information content (AvgIpc) is 2.44. The molecule has 1 saturated carbocycles. The maximum absolute atomic E-state index is 6.48. The molecule has 2 nitrogen and oxygen atoms in total. The third-order valence-corrected chi connectivity index (χ3v) is 5.23. The fourth-order valence-electron chi connectivity index (χ4n) is 3.46. The summed E-state index contributed by atoms with van der Waals surface area (Å²) in [6.45, 7) is 7.50. The molecule has 0 radical (unpaired) electrons. The minimum atomic E-state index is -0.000880. The van der Waals surface area contributed by atoms with E-state index in [1.54, 1.807) is 0 Å². The lowest BCUT2D eigenvalue weighted by Gasteiger charge is -2.39. The van der Waals surface area contributed by atoms with Crippen molar-refractivity contribution in [3.8, 4) is 0 Å². The van der Waals surface area contributed by atoms with Crippen LogP contribution in [-0.4, -0.2) is 12.6 Å². The summed E-state index contributed by atoms with van der Waals surface area (Å²) in [6, 6.07) is 8.32. The fourth-order valence-corrected chi connectivity index (χ4v) is 3.88. The summed E-state index contributed by atoms with van der Waals surface area (Å²) in [4.78, 5) is 0. The van der Waals surface area contributed by atoms with Crippen molar-refractivity contribution in [3.63, 3.8) is 0 Å². The molecule has 4 unspecified atom stereocenters. The molecular formula is C18H28BrNO. The maximum atomic E-state index is 6.48. The molecule has 0 spiro atoms. The highest BCUT2D eigenvalue weighted by atomic mass is 79.9. The smallest absolute Gasteiger partial charge is 0.0951 e.